The van der Waals surface area contributed by atoms with Crippen LogP contribution in [0.5, 0.6) is 0 Å². The quantitative estimate of drug-likeness (QED) is 0.821. The van der Waals surface area contributed by atoms with Gasteiger partial charge in [0.05, 0.1) is 11.5 Å². The number of rotatable bonds is 5. The number of para-hydroxylation sites is 1. The van der Waals surface area contributed by atoms with Crippen molar-refractivity contribution in [3.8, 4) is 0 Å². The molecule has 2 heterocycles. The molecule has 144 valence electrons. The lowest BCUT2D eigenvalue weighted by molar-refractivity contribution is 0.102. The minimum Gasteiger partial charge on any atom is -0.366 e. The summed E-state index contributed by atoms with van der Waals surface area (Å²) in [6.07, 6.45) is 2.11. The number of pyridine rings is 1. The zero-order valence-corrected chi connectivity index (χ0v) is 16.6. The van der Waals surface area contributed by atoms with E-state index in [-0.39, 0.29) is 23.5 Å². The highest BCUT2D eigenvalue weighted by Crippen LogP contribution is 2.28. The summed E-state index contributed by atoms with van der Waals surface area (Å²) in [5.41, 5.74) is 3.42. The number of carbonyl (C=O) groups excluding carboxylic acids is 1. The third-order valence-corrected chi connectivity index (χ3v) is 6.54. The van der Waals surface area contributed by atoms with E-state index in [1.165, 1.54) is 0 Å². The van der Waals surface area contributed by atoms with Gasteiger partial charge in [0.15, 0.2) is 9.84 Å². The standard InChI is InChI=1S/C20H25N3O3S/c1-13(2)17-6-4-5-14(3)19(17)23-20(24)15-7-9-21-18(11-15)22-16-8-10-27(25,26)12-16/h4-7,9,11,13,16H,8,10,12H2,1-3H3,(H,21,22)(H,23,24). The molecular weight excluding hydrogens is 362 g/mol. The van der Waals surface area contributed by atoms with Crippen LogP contribution in [0.4, 0.5) is 11.5 Å². The zero-order valence-electron chi connectivity index (χ0n) is 15.8. The summed E-state index contributed by atoms with van der Waals surface area (Å²) in [5, 5.41) is 6.15. The van der Waals surface area contributed by atoms with Crippen LogP contribution >= 0.6 is 0 Å². The van der Waals surface area contributed by atoms with Crippen LogP contribution < -0.4 is 10.6 Å². The van der Waals surface area contributed by atoms with Gasteiger partial charge >= 0.3 is 0 Å². The first kappa shape index (κ1) is 19.4. The van der Waals surface area contributed by atoms with Crippen molar-refractivity contribution in [3.63, 3.8) is 0 Å². The third-order valence-electron chi connectivity index (χ3n) is 4.77. The van der Waals surface area contributed by atoms with Gasteiger partial charge in [-0.15, -0.1) is 0 Å². The van der Waals surface area contributed by atoms with E-state index >= 15 is 0 Å². The van der Waals surface area contributed by atoms with Gasteiger partial charge in [-0.25, -0.2) is 13.4 Å². The van der Waals surface area contributed by atoms with Crippen molar-refractivity contribution < 1.29 is 13.2 Å². The highest BCUT2D eigenvalue weighted by atomic mass is 32.2. The van der Waals surface area contributed by atoms with Gasteiger partial charge < -0.3 is 10.6 Å². The Balaban J connectivity index is 1.77. The summed E-state index contributed by atoms with van der Waals surface area (Å²) in [5.74, 6) is 0.885. The topological polar surface area (TPSA) is 88.2 Å². The number of aromatic nitrogens is 1. The predicted octanol–water partition coefficient (Wildman–Crippen LogP) is 3.36. The maximum Gasteiger partial charge on any atom is 0.255 e. The van der Waals surface area contributed by atoms with Gasteiger partial charge in [-0.2, -0.15) is 0 Å². The number of carbonyl (C=O) groups is 1. The van der Waals surface area contributed by atoms with E-state index in [2.05, 4.69) is 29.5 Å². The maximum absolute atomic E-state index is 12.8. The largest absolute Gasteiger partial charge is 0.366 e. The van der Waals surface area contributed by atoms with Crippen molar-refractivity contribution in [1.82, 2.24) is 4.98 Å². The normalized spacial score (nSPS) is 18.4. The van der Waals surface area contributed by atoms with Crippen LogP contribution in [0, 0.1) is 6.92 Å². The highest BCUT2D eigenvalue weighted by molar-refractivity contribution is 7.91. The van der Waals surface area contributed by atoms with Crippen molar-refractivity contribution in [1.29, 1.82) is 0 Å². The number of nitrogens with zero attached hydrogens (tertiary/aromatic N) is 1. The molecule has 0 saturated carbocycles. The van der Waals surface area contributed by atoms with Crippen LogP contribution in [0.15, 0.2) is 36.5 Å². The monoisotopic (exact) mass is 387 g/mol. The molecule has 1 fully saturated rings. The molecule has 0 bridgehead atoms. The van der Waals surface area contributed by atoms with Crippen molar-refractivity contribution in [2.24, 2.45) is 0 Å². The predicted molar refractivity (Wildman–Crippen MR) is 108 cm³/mol. The molecule has 0 radical (unpaired) electrons. The summed E-state index contributed by atoms with van der Waals surface area (Å²) in [6.45, 7) is 6.16. The second-order valence-corrected chi connectivity index (χ2v) is 9.55. The molecule has 0 spiro atoms. The second kappa shape index (κ2) is 7.68. The Kier molecular flexibility index (Phi) is 5.51. The Labute approximate surface area is 160 Å². The average Bonchev–Trinajstić information content (AvgIpc) is 2.95. The fourth-order valence-electron chi connectivity index (χ4n) is 3.30. The molecule has 3 rings (SSSR count). The number of sulfone groups is 1. The summed E-state index contributed by atoms with van der Waals surface area (Å²) < 4.78 is 23.2. The Hall–Kier alpha value is -2.41. The van der Waals surface area contributed by atoms with Crippen LogP contribution in [-0.2, 0) is 9.84 Å². The molecule has 1 unspecified atom stereocenters. The summed E-state index contributed by atoms with van der Waals surface area (Å²) in [4.78, 5) is 17.0. The van der Waals surface area contributed by atoms with E-state index in [0.717, 1.165) is 16.8 Å². The van der Waals surface area contributed by atoms with Gasteiger partial charge in [-0.1, -0.05) is 32.0 Å². The lowest BCUT2D eigenvalue weighted by Gasteiger charge is -2.17. The minimum atomic E-state index is -2.97. The molecular formula is C20H25N3O3S. The molecule has 1 aromatic carbocycles. The molecule has 0 aliphatic carbocycles. The number of anilines is 2. The number of benzene rings is 1. The Morgan fingerprint density at radius 1 is 1.26 bits per heavy atom. The lowest BCUT2D eigenvalue weighted by Crippen LogP contribution is -2.22. The SMILES string of the molecule is Cc1cccc(C(C)C)c1NC(=O)c1ccnc(NC2CCS(=O)(=O)C2)c1. The van der Waals surface area contributed by atoms with E-state index in [1.54, 1.807) is 18.3 Å². The molecule has 1 amide bonds. The first-order valence-corrected chi connectivity index (χ1v) is 10.9. The number of aryl methyl sites for hydroxylation is 1. The molecule has 2 aromatic rings. The number of nitrogens with one attached hydrogen (secondary N) is 2. The van der Waals surface area contributed by atoms with Crippen LogP contribution in [0.3, 0.4) is 0 Å². The van der Waals surface area contributed by atoms with Crippen molar-refractivity contribution in [3.05, 3.63) is 53.2 Å². The molecule has 27 heavy (non-hydrogen) atoms. The second-order valence-electron chi connectivity index (χ2n) is 7.32. The summed E-state index contributed by atoms with van der Waals surface area (Å²) in [7, 11) is -2.97. The van der Waals surface area contributed by atoms with E-state index < -0.39 is 9.84 Å². The van der Waals surface area contributed by atoms with E-state index in [4.69, 9.17) is 0 Å². The summed E-state index contributed by atoms with van der Waals surface area (Å²) in [6, 6.07) is 9.14. The van der Waals surface area contributed by atoms with Gasteiger partial charge in [0.1, 0.15) is 5.82 Å². The van der Waals surface area contributed by atoms with E-state index in [9.17, 15) is 13.2 Å². The Morgan fingerprint density at radius 2 is 2.04 bits per heavy atom. The van der Waals surface area contributed by atoms with Gasteiger partial charge in [0, 0.05) is 23.5 Å². The molecule has 1 aliphatic rings. The van der Waals surface area contributed by atoms with Gasteiger partial charge in [0.25, 0.3) is 5.91 Å². The van der Waals surface area contributed by atoms with Crippen LogP contribution in [0.25, 0.3) is 0 Å². The van der Waals surface area contributed by atoms with Crippen molar-refractivity contribution in [2.75, 3.05) is 22.1 Å². The fraction of sp³-hybridized carbons (Fsp3) is 0.400. The molecule has 1 saturated heterocycles. The molecule has 2 N–H and O–H groups in total. The van der Waals surface area contributed by atoms with Gasteiger partial charge in [-0.3, -0.25) is 4.79 Å². The molecule has 1 atom stereocenters. The molecule has 1 aromatic heterocycles. The number of amides is 1. The maximum atomic E-state index is 12.8. The van der Waals surface area contributed by atoms with Crippen molar-refractivity contribution in [2.45, 2.75) is 39.2 Å². The van der Waals surface area contributed by atoms with Gasteiger partial charge in [0.2, 0.25) is 0 Å². The first-order valence-electron chi connectivity index (χ1n) is 9.09. The van der Waals surface area contributed by atoms with Gasteiger partial charge in [-0.05, 0) is 42.5 Å². The van der Waals surface area contributed by atoms with E-state index in [1.807, 2.05) is 25.1 Å². The van der Waals surface area contributed by atoms with Crippen molar-refractivity contribution >= 4 is 27.2 Å². The number of hydrogen-bond acceptors (Lipinski definition) is 5. The highest BCUT2D eigenvalue weighted by Gasteiger charge is 2.28. The lowest BCUT2D eigenvalue weighted by atomic mass is 9.98. The minimum absolute atomic E-state index is 0.103. The smallest absolute Gasteiger partial charge is 0.255 e. The molecule has 1 aliphatic heterocycles. The number of hydrogen-bond donors (Lipinski definition) is 2. The Bertz CT molecular complexity index is 955. The first-order chi connectivity index (χ1) is 12.7. The van der Waals surface area contributed by atoms with Crippen LogP contribution in [0.1, 0.15) is 47.7 Å². The molecule has 6 nitrogen and oxygen atoms in total. The van der Waals surface area contributed by atoms with Crippen LogP contribution in [-0.4, -0.2) is 36.9 Å². The molecule has 7 heteroatoms. The Morgan fingerprint density at radius 3 is 2.70 bits per heavy atom. The average molecular weight is 388 g/mol. The summed E-state index contributed by atoms with van der Waals surface area (Å²) >= 11 is 0. The van der Waals surface area contributed by atoms with Crippen LogP contribution in [0.2, 0.25) is 0 Å². The third kappa shape index (κ3) is 4.66. The fourth-order valence-corrected chi connectivity index (χ4v) is 4.97. The zero-order chi connectivity index (χ0) is 19.6. The van der Waals surface area contributed by atoms with E-state index in [0.29, 0.717) is 23.7 Å².